The molecule has 1 heterocycles. The number of halogens is 1. The van der Waals surface area contributed by atoms with Gasteiger partial charge in [0.2, 0.25) is 0 Å². The van der Waals surface area contributed by atoms with Gasteiger partial charge >= 0.3 is 0 Å². The van der Waals surface area contributed by atoms with Crippen LogP contribution in [-0.4, -0.2) is 18.2 Å². The molecule has 1 aromatic rings. The average molecular weight is 245 g/mol. The number of nitrogens with one attached hydrogen (secondary N) is 1. The molecule has 0 spiro atoms. The van der Waals surface area contributed by atoms with Crippen LogP contribution in [0.3, 0.4) is 0 Å². The first kappa shape index (κ1) is 10.5. The van der Waals surface area contributed by atoms with Crippen LogP contribution in [0.25, 0.3) is 0 Å². The molecule has 1 aromatic heterocycles. The van der Waals surface area contributed by atoms with Crippen LogP contribution < -0.4 is 10.9 Å². The molecular weight excluding hydrogens is 232 g/mol. The summed E-state index contributed by atoms with van der Waals surface area (Å²) in [6, 6.07) is 3.63. The first-order valence-corrected chi connectivity index (χ1v) is 5.04. The van der Waals surface area contributed by atoms with Gasteiger partial charge in [-0.1, -0.05) is 0 Å². The lowest BCUT2D eigenvalue weighted by Crippen LogP contribution is -2.21. The highest BCUT2D eigenvalue weighted by molar-refractivity contribution is 9.10. The van der Waals surface area contributed by atoms with Crippen LogP contribution in [0.5, 0.6) is 0 Å². The molecule has 0 aliphatic rings. The molecule has 4 heteroatoms. The smallest absolute Gasteiger partial charge is 0.264 e. The number of rotatable bonds is 4. The van der Waals surface area contributed by atoms with Crippen LogP contribution in [0.15, 0.2) is 27.6 Å². The van der Waals surface area contributed by atoms with Gasteiger partial charge in [-0.3, -0.25) is 4.79 Å². The van der Waals surface area contributed by atoms with Crippen LogP contribution in [0, 0.1) is 0 Å². The normalized spacial score (nSPS) is 10.3. The molecular formula is C9H13BrN2O. The van der Waals surface area contributed by atoms with E-state index in [0.29, 0.717) is 4.47 Å². The van der Waals surface area contributed by atoms with Crippen molar-refractivity contribution in [2.45, 2.75) is 13.0 Å². The second-order valence-corrected chi connectivity index (χ2v) is 3.67. The quantitative estimate of drug-likeness (QED) is 0.809. The second kappa shape index (κ2) is 5.19. The van der Waals surface area contributed by atoms with E-state index in [4.69, 9.17) is 0 Å². The number of aryl methyl sites for hydroxylation is 1. The van der Waals surface area contributed by atoms with Gasteiger partial charge in [0.1, 0.15) is 0 Å². The summed E-state index contributed by atoms with van der Waals surface area (Å²) in [7, 11) is 1.91. The molecule has 0 amide bonds. The maximum Gasteiger partial charge on any atom is 0.264 e. The molecule has 0 unspecified atom stereocenters. The molecule has 0 radical (unpaired) electrons. The fourth-order valence-electron chi connectivity index (χ4n) is 1.11. The molecule has 0 saturated heterocycles. The van der Waals surface area contributed by atoms with Crippen LogP contribution in [-0.2, 0) is 6.54 Å². The van der Waals surface area contributed by atoms with Crippen molar-refractivity contribution >= 4 is 15.9 Å². The third kappa shape index (κ3) is 2.97. The van der Waals surface area contributed by atoms with Crippen molar-refractivity contribution in [1.29, 1.82) is 0 Å². The summed E-state index contributed by atoms with van der Waals surface area (Å²) >= 11 is 3.21. The number of hydrogen-bond donors (Lipinski definition) is 1. The molecule has 72 valence electrons. The zero-order valence-electron chi connectivity index (χ0n) is 7.59. The largest absolute Gasteiger partial charge is 0.320 e. The van der Waals surface area contributed by atoms with Crippen molar-refractivity contribution < 1.29 is 0 Å². The van der Waals surface area contributed by atoms with E-state index < -0.39 is 0 Å². The Labute approximate surface area is 85.9 Å². The van der Waals surface area contributed by atoms with E-state index in [0.717, 1.165) is 19.5 Å². The van der Waals surface area contributed by atoms with E-state index in [1.54, 1.807) is 10.6 Å². The summed E-state index contributed by atoms with van der Waals surface area (Å²) < 4.78 is 2.33. The Balaban J connectivity index is 2.67. The van der Waals surface area contributed by atoms with Gasteiger partial charge in [0.05, 0.1) is 4.47 Å². The highest BCUT2D eigenvalue weighted by atomic mass is 79.9. The van der Waals surface area contributed by atoms with Crippen molar-refractivity contribution in [3.63, 3.8) is 0 Å². The van der Waals surface area contributed by atoms with Gasteiger partial charge in [-0.25, -0.2) is 0 Å². The van der Waals surface area contributed by atoms with E-state index in [9.17, 15) is 4.79 Å². The standard InChI is InChI=1S/C9H13BrN2O/c1-11-5-3-7-12-6-2-4-8(10)9(12)13/h2,4,6,11H,3,5,7H2,1H3. The fraction of sp³-hybridized carbons (Fsp3) is 0.444. The minimum Gasteiger partial charge on any atom is -0.320 e. The van der Waals surface area contributed by atoms with Crippen molar-refractivity contribution in [3.8, 4) is 0 Å². The molecule has 1 rings (SSSR count). The van der Waals surface area contributed by atoms with Gasteiger partial charge < -0.3 is 9.88 Å². The zero-order chi connectivity index (χ0) is 9.68. The Bertz CT molecular complexity index is 322. The summed E-state index contributed by atoms with van der Waals surface area (Å²) in [6.07, 6.45) is 2.77. The van der Waals surface area contributed by atoms with Gasteiger partial charge in [-0.2, -0.15) is 0 Å². The van der Waals surface area contributed by atoms with Crippen LogP contribution in [0.1, 0.15) is 6.42 Å². The topological polar surface area (TPSA) is 34.0 Å². The molecule has 0 atom stereocenters. The lowest BCUT2D eigenvalue weighted by molar-refractivity contribution is 0.596. The Hall–Kier alpha value is -0.610. The van der Waals surface area contributed by atoms with Gasteiger partial charge in [-0.05, 0) is 48.1 Å². The molecule has 0 saturated carbocycles. The number of hydrogen-bond acceptors (Lipinski definition) is 2. The van der Waals surface area contributed by atoms with Crippen molar-refractivity contribution in [3.05, 3.63) is 33.2 Å². The maximum absolute atomic E-state index is 11.5. The highest BCUT2D eigenvalue weighted by Gasteiger charge is 1.98. The van der Waals surface area contributed by atoms with E-state index >= 15 is 0 Å². The van der Waals surface area contributed by atoms with E-state index in [1.165, 1.54) is 0 Å². The SMILES string of the molecule is CNCCCn1cccc(Br)c1=O. The maximum atomic E-state index is 11.5. The van der Waals surface area contributed by atoms with Gasteiger partial charge in [0.25, 0.3) is 5.56 Å². The van der Waals surface area contributed by atoms with Crippen molar-refractivity contribution in [2.24, 2.45) is 0 Å². The molecule has 0 aromatic carbocycles. The van der Waals surface area contributed by atoms with Gasteiger partial charge in [0, 0.05) is 12.7 Å². The molecule has 0 bridgehead atoms. The zero-order valence-corrected chi connectivity index (χ0v) is 9.17. The van der Waals surface area contributed by atoms with Crippen molar-refractivity contribution in [2.75, 3.05) is 13.6 Å². The third-order valence-electron chi connectivity index (χ3n) is 1.80. The predicted octanol–water partition coefficient (Wildman–Crippen LogP) is 1.22. The second-order valence-electron chi connectivity index (χ2n) is 2.81. The summed E-state index contributed by atoms with van der Waals surface area (Å²) in [5, 5.41) is 3.04. The first-order chi connectivity index (χ1) is 6.25. The molecule has 1 N–H and O–H groups in total. The first-order valence-electron chi connectivity index (χ1n) is 4.25. The molecule has 3 nitrogen and oxygen atoms in total. The van der Waals surface area contributed by atoms with Crippen LogP contribution >= 0.6 is 15.9 Å². The van der Waals surface area contributed by atoms with E-state index in [2.05, 4.69) is 21.2 Å². The Morgan fingerprint density at radius 1 is 1.62 bits per heavy atom. The highest BCUT2D eigenvalue weighted by Crippen LogP contribution is 2.00. The summed E-state index contributed by atoms with van der Waals surface area (Å²) in [6.45, 7) is 1.69. The van der Waals surface area contributed by atoms with Gasteiger partial charge in [-0.15, -0.1) is 0 Å². The Morgan fingerprint density at radius 3 is 3.08 bits per heavy atom. The fourth-order valence-corrected chi connectivity index (χ4v) is 1.49. The van der Waals surface area contributed by atoms with Crippen LogP contribution in [0.2, 0.25) is 0 Å². The Kier molecular flexibility index (Phi) is 4.18. The van der Waals surface area contributed by atoms with Crippen LogP contribution in [0.4, 0.5) is 0 Å². The minimum absolute atomic E-state index is 0.0404. The molecule has 13 heavy (non-hydrogen) atoms. The van der Waals surface area contributed by atoms with Gasteiger partial charge in [0.15, 0.2) is 0 Å². The number of nitrogens with zero attached hydrogens (tertiary/aromatic N) is 1. The van der Waals surface area contributed by atoms with E-state index in [-0.39, 0.29) is 5.56 Å². The lowest BCUT2D eigenvalue weighted by Gasteiger charge is -2.04. The monoisotopic (exact) mass is 244 g/mol. The molecule has 0 fully saturated rings. The minimum atomic E-state index is 0.0404. The predicted molar refractivity (Wildman–Crippen MR) is 56.9 cm³/mol. The summed E-state index contributed by atoms with van der Waals surface area (Å²) in [5.41, 5.74) is 0.0404. The lowest BCUT2D eigenvalue weighted by atomic mass is 10.4. The molecule has 0 aliphatic carbocycles. The number of aromatic nitrogens is 1. The average Bonchev–Trinajstić information content (AvgIpc) is 2.13. The summed E-state index contributed by atoms with van der Waals surface area (Å²) in [5.74, 6) is 0. The Morgan fingerprint density at radius 2 is 2.38 bits per heavy atom. The van der Waals surface area contributed by atoms with E-state index in [1.807, 2.05) is 19.3 Å². The van der Waals surface area contributed by atoms with Crippen molar-refractivity contribution in [1.82, 2.24) is 9.88 Å². The number of pyridine rings is 1. The third-order valence-corrected chi connectivity index (χ3v) is 2.40. The molecule has 0 aliphatic heterocycles. The summed E-state index contributed by atoms with van der Waals surface area (Å²) in [4.78, 5) is 11.5.